The van der Waals surface area contributed by atoms with E-state index in [0.29, 0.717) is 24.1 Å². The fourth-order valence-corrected chi connectivity index (χ4v) is 3.60. The normalized spacial score (nSPS) is 15.8. The van der Waals surface area contributed by atoms with Crippen molar-refractivity contribution >= 4 is 38.8 Å². The van der Waals surface area contributed by atoms with Crippen LogP contribution in [-0.4, -0.2) is 31.1 Å². The predicted molar refractivity (Wildman–Crippen MR) is 113 cm³/mol. The maximum atomic E-state index is 12.4. The van der Waals surface area contributed by atoms with Crippen molar-refractivity contribution in [2.24, 2.45) is 0 Å². The Balaban J connectivity index is 1.51. The van der Waals surface area contributed by atoms with Gasteiger partial charge in [0.2, 0.25) is 0 Å². The van der Waals surface area contributed by atoms with Crippen molar-refractivity contribution in [2.45, 2.75) is 18.9 Å². The van der Waals surface area contributed by atoms with Gasteiger partial charge in [0.1, 0.15) is 16.9 Å². The minimum absolute atomic E-state index is 0.0241. The smallest absolute Gasteiger partial charge is 0.349 e. The van der Waals surface area contributed by atoms with Crippen molar-refractivity contribution in [3.8, 4) is 5.75 Å². The van der Waals surface area contributed by atoms with E-state index in [0.717, 1.165) is 17.3 Å². The second-order valence-corrected chi connectivity index (χ2v) is 7.81. The summed E-state index contributed by atoms with van der Waals surface area (Å²) >= 11 is 3.31. The highest BCUT2D eigenvalue weighted by molar-refractivity contribution is 9.10. The summed E-state index contributed by atoms with van der Waals surface area (Å²) < 4.78 is 16.9. The largest absolute Gasteiger partial charge is 0.423 e. The van der Waals surface area contributed by atoms with Crippen molar-refractivity contribution in [1.82, 2.24) is 5.32 Å². The molecule has 1 aromatic heterocycles. The summed E-state index contributed by atoms with van der Waals surface area (Å²) in [6.45, 7) is 1.04. The molecule has 0 aliphatic carbocycles. The van der Waals surface area contributed by atoms with E-state index in [9.17, 15) is 14.4 Å². The van der Waals surface area contributed by atoms with Crippen molar-refractivity contribution in [3.05, 3.63) is 74.6 Å². The van der Waals surface area contributed by atoms with E-state index in [1.807, 2.05) is 0 Å². The Hall–Kier alpha value is -2.97. The molecule has 0 saturated carbocycles. The lowest BCUT2D eigenvalue weighted by molar-refractivity contribution is 0.0734. The summed E-state index contributed by atoms with van der Waals surface area (Å²) in [6, 6.07) is 12.9. The zero-order valence-corrected chi connectivity index (χ0v) is 17.4. The van der Waals surface area contributed by atoms with Gasteiger partial charge in [-0.15, -0.1) is 0 Å². The molecular formula is C22H18BrNO6. The van der Waals surface area contributed by atoms with Gasteiger partial charge in [-0.3, -0.25) is 4.79 Å². The van der Waals surface area contributed by atoms with Gasteiger partial charge in [-0.25, -0.2) is 9.59 Å². The van der Waals surface area contributed by atoms with Crippen molar-refractivity contribution in [2.75, 3.05) is 13.2 Å². The Bertz CT molecular complexity index is 1170. The number of halogens is 1. The number of esters is 1. The van der Waals surface area contributed by atoms with Crippen molar-refractivity contribution in [3.63, 3.8) is 0 Å². The van der Waals surface area contributed by atoms with Crippen LogP contribution in [0.3, 0.4) is 0 Å². The van der Waals surface area contributed by atoms with E-state index < -0.39 is 17.5 Å². The highest BCUT2D eigenvalue weighted by atomic mass is 79.9. The number of fused-ring (bicyclic) bond motifs is 1. The minimum Gasteiger partial charge on any atom is -0.423 e. The summed E-state index contributed by atoms with van der Waals surface area (Å²) in [5, 5.41) is 3.25. The van der Waals surface area contributed by atoms with Crippen LogP contribution in [0.15, 0.2) is 62.2 Å². The van der Waals surface area contributed by atoms with Crippen LogP contribution in [0.4, 0.5) is 0 Å². The van der Waals surface area contributed by atoms with Crippen LogP contribution in [0.5, 0.6) is 5.75 Å². The molecule has 0 bridgehead atoms. The molecule has 2 heterocycles. The predicted octanol–water partition coefficient (Wildman–Crippen LogP) is 3.68. The third-order valence-electron chi connectivity index (χ3n) is 4.74. The van der Waals surface area contributed by atoms with E-state index in [1.165, 1.54) is 12.1 Å². The SMILES string of the molecule is O=C(Oc1ccc2cc(C(=O)NCC3CCCO3)c(=O)oc2c1)c1cccc(Br)c1. The molecule has 1 aliphatic rings. The molecule has 0 radical (unpaired) electrons. The van der Waals surface area contributed by atoms with Gasteiger partial charge in [-0.2, -0.15) is 0 Å². The zero-order valence-electron chi connectivity index (χ0n) is 15.9. The third-order valence-corrected chi connectivity index (χ3v) is 5.23. The number of carbonyl (C=O) groups is 2. The van der Waals surface area contributed by atoms with Crippen LogP contribution in [0, 0.1) is 0 Å². The molecular weight excluding hydrogens is 454 g/mol. The molecule has 1 aliphatic heterocycles. The molecule has 7 nitrogen and oxygen atoms in total. The second kappa shape index (κ2) is 8.81. The molecule has 3 aromatic rings. The Morgan fingerprint density at radius 2 is 2.03 bits per heavy atom. The lowest BCUT2D eigenvalue weighted by Crippen LogP contribution is -2.34. The van der Waals surface area contributed by atoms with E-state index in [1.54, 1.807) is 36.4 Å². The van der Waals surface area contributed by atoms with E-state index in [-0.39, 0.29) is 23.0 Å². The number of amides is 1. The molecule has 0 spiro atoms. The molecule has 30 heavy (non-hydrogen) atoms. The maximum absolute atomic E-state index is 12.4. The lowest BCUT2D eigenvalue weighted by Gasteiger charge is -2.10. The van der Waals surface area contributed by atoms with Gasteiger partial charge in [0.25, 0.3) is 5.91 Å². The van der Waals surface area contributed by atoms with Crippen LogP contribution in [0.25, 0.3) is 11.0 Å². The molecule has 2 aromatic carbocycles. The number of nitrogens with one attached hydrogen (secondary N) is 1. The van der Waals surface area contributed by atoms with Crippen LogP contribution < -0.4 is 15.7 Å². The van der Waals surface area contributed by atoms with Crippen LogP contribution >= 0.6 is 15.9 Å². The Morgan fingerprint density at radius 1 is 1.17 bits per heavy atom. The Labute approximate surface area is 180 Å². The fourth-order valence-electron chi connectivity index (χ4n) is 3.20. The summed E-state index contributed by atoms with van der Waals surface area (Å²) in [5.74, 6) is -0.819. The highest BCUT2D eigenvalue weighted by Gasteiger charge is 2.19. The lowest BCUT2D eigenvalue weighted by atomic mass is 10.1. The number of ether oxygens (including phenoxy) is 2. The van der Waals surface area contributed by atoms with Crippen LogP contribution in [-0.2, 0) is 4.74 Å². The van der Waals surface area contributed by atoms with Gasteiger partial charge in [0, 0.05) is 29.1 Å². The number of benzene rings is 2. The van der Waals surface area contributed by atoms with Gasteiger partial charge in [-0.1, -0.05) is 22.0 Å². The van der Waals surface area contributed by atoms with Gasteiger partial charge in [0.15, 0.2) is 0 Å². The number of hydrogen-bond acceptors (Lipinski definition) is 6. The topological polar surface area (TPSA) is 94.8 Å². The first-order valence-corrected chi connectivity index (χ1v) is 10.2. The first-order chi connectivity index (χ1) is 14.5. The molecule has 1 amide bonds. The van der Waals surface area contributed by atoms with Crippen LogP contribution in [0.2, 0.25) is 0 Å². The van der Waals surface area contributed by atoms with Gasteiger partial charge >= 0.3 is 11.6 Å². The summed E-state index contributed by atoms with van der Waals surface area (Å²) in [6.07, 6.45) is 1.82. The summed E-state index contributed by atoms with van der Waals surface area (Å²) in [5.41, 5.74) is -0.249. The number of rotatable bonds is 5. The van der Waals surface area contributed by atoms with Gasteiger partial charge in [-0.05, 0) is 49.2 Å². The molecule has 154 valence electrons. The van der Waals surface area contributed by atoms with E-state index >= 15 is 0 Å². The second-order valence-electron chi connectivity index (χ2n) is 6.89. The molecule has 1 saturated heterocycles. The maximum Gasteiger partial charge on any atom is 0.349 e. The Morgan fingerprint density at radius 3 is 2.80 bits per heavy atom. The van der Waals surface area contributed by atoms with Crippen molar-refractivity contribution < 1.29 is 23.5 Å². The Kier molecular flexibility index (Phi) is 5.96. The summed E-state index contributed by atoms with van der Waals surface area (Å²) in [7, 11) is 0. The quantitative estimate of drug-likeness (QED) is 0.346. The van der Waals surface area contributed by atoms with Crippen LogP contribution in [0.1, 0.15) is 33.6 Å². The van der Waals surface area contributed by atoms with E-state index in [4.69, 9.17) is 13.9 Å². The zero-order chi connectivity index (χ0) is 21.1. The fraction of sp³-hybridized carbons (Fsp3) is 0.227. The highest BCUT2D eigenvalue weighted by Crippen LogP contribution is 2.22. The van der Waals surface area contributed by atoms with Gasteiger partial charge < -0.3 is 19.2 Å². The number of hydrogen-bond donors (Lipinski definition) is 1. The average Bonchev–Trinajstić information content (AvgIpc) is 3.25. The first kappa shape index (κ1) is 20.3. The average molecular weight is 472 g/mol. The molecule has 4 rings (SSSR count). The van der Waals surface area contributed by atoms with Gasteiger partial charge in [0.05, 0.1) is 11.7 Å². The minimum atomic E-state index is -0.761. The molecule has 1 fully saturated rings. The first-order valence-electron chi connectivity index (χ1n) is 9.45. The van der Waals surface area contributed by atoms with E-state index in [2.05, 4.69) is 21.2 Å². The summed E-state index contributed by atoms with van der Waals surface area (Å²) in [4.78, 5) is 36.9. The molecule has 8 heteroatoms. The standard InChI is InChI=1S/C22H18BrNO6/c23-15-4-1-3-14(9-15)21(26)29-16-7-6-13-10-18(22(27)30-19(13)11-16)20(25)24-12-17-5-2-8-28-17/h1,3-4,6-7,9-11,17H,2,5,8,12H2,(H,24,25). The molecule has 1 atom stereocenters. The van der Waals surface area contributed by atoms with Crippen molar-refractivity contribution in [1.29, 1.82) is 0 Å². The molecule has 1 unspecified atom stereocenters. The number of carbonyl (C=O) groups excluding carboxylic acids is 2. The molecule has 1 N–H and O–H groups in total. The monoisotopic (exact) mass is 471 g/mol. The third kappa shape index (κ3) is 4.60.